The van der Waals surface area contributed by atoms with Crippen LogP contribution < -0.4 is 5.69 Å². The predicted octanol–water partition coefficient (Wildman–Crippen LogP) is 1.76. The van der Waals surface area contributed by atoms with Crippen LogP contribution in [0.5, 0.6) is 0 Å². The van der Waals surface area contributed by atoms with E-state index in [0.29, 0.717) is 10.1 Å². The van der Waals surface area contributed by atoms with Crippen LogP contribution in [0.4, 0.5) is 0 Å². The Kier molecular flexibility index (Phi) is 2.90. The van der Waals surface area contributed by atoms with Crippen molar-refractivity contribution in [3.05, 3.63) is 40.3 Å². The van der Waals surface area contributed by atoms with Gasteiger partial charge in [-0.15, -0.1) is 5.10 Å². The Hall–Kier alpha value is -2.02. The third-order valence-electron chi connectivity index (χ3n) is 2.90. The average Bonchev–Trinajstić information content (AvgIpc) is 3.15. The number of carboxylic acids is 1. The molecular weight excluding hydrogens is 266 g/mol. The number of benzene rings is 1. The first-order valence-corrected chi connectivity index (χ1v) is 6.65. The fraction of sp³-hybridized carbons (Fsp3) is 0.250. The van der Waals surface area contributed by atoms with Gasteiger partial charge in [0.05, 0.1) is 5.56 Å². The van der Waals surface area contributed by atoms with Gasteiger partial charge in [0.1, 0.15) is 0 Å². The third kappa shape index (κ3) is 2.28. The highest BCUT2D eigenvalue weighted by molar-refractivity contribution is 7.99. The first-order valence-electron chi connectivity index (χ1n) is 5.84. The molecule has 0 spiro atoms. The molecule has 19 heavy (non-hydrogen) atoms. The highest BCUT2D eigenvalue weighted by Crippen LogP contribution is 2.38. The second-order valence-electron chi connectivity index (χ2n) is 4.32. The molecule has 0 atom stereocenters. The Morgan fingerprint density at radius 2 is 2.16 bits per heavy atom. The van der Waals surface area contributed by atoms with E-state index < -0.39 is 5.97 Å². The van der Waals surface area contributed by atoms with Crippen molar-refractivity contribution < 1.29 is 9.90 Å². The largest absolute Gasteiger partial charge is 0.478 e. The number of carbonyl (C=O) groups is 1. The lowest BCUT2D eigenvalue weighted by molar-refractivity contribution is 0.0693. The molecule has 0 saturated heterocycles. The summed E-state index contributed by atoms with van der Waals surface area (Å²) in [6.07, 6.45) is 1.93. The molecule has 0 bridgehead atoms. The third-order valence-corrected chi connectivity index (χ3v) is 3.95. The number of H-pyrrole nitrogens is 1. The van der Waals surface area contributed by atoms with Crippen molar-refractivity contribution in [2.75, 3.05) is 0 Å². The van der Waals surface area contributed by atoms with Gasteiger partial charge in [-0.05, 0) is 36.7 Å². The molecule has 1 fully saturated rings. The number of aromatic carboxylic acids is 1. The lowest BCUT2D eigenvalue weighted by Crippen LogP contribution is -2.16. The van der Waals surface area contributed by atoms with Gasteiger partial charge in [-0.1, -0.05) is 12.1 Å². The highest BCUT2D eigenvalue weighted by atomic mass is 32.2. The van der Waals surface area contributed by atoms with Gasteiger partial charge in [0.2, 0.25) is 0 Å². The molecule has 1 aromatic heterocycles. The van der Waals surface area contributed by atoms with Crippen LogP contribution >= 0.6 is 11.8 Å². The van der Waals surface area contributed by atoms with E-state index in [4.69, 9.17) is 5.11 Å². The Morgan fingerprint density at radius 1 is 1.42 bits per heavy atom. The molecule has 1 saturated carbocycles. The number of nitrogens with one attached hydrogen (secondary N) is 1. The van der Waals surface area contributed by atoms with E-state index in [1.54, 1.807) is 22.8 Å². The second-order valence-corrected chi connectivity index (χ2v) is 5.32. The molecule has 1 aliphatic carbocycles. The number of hydrogen-bond acceptors (Lipinski definition) is 4. The summed E-state index contributed by atoms with van der Waals surface area (Å²) in [6.45, 7) is 0. The minimum absolute atomic E-state index is 0.200. The fourth-order valence-corrected chi connectivity index (χ4v) is 2.88. The normalized spacial score (nSPS) is 14.5. The molecule has 0 radical (unpaired) electrons. The standard InChI is InChI=1S/C12H11N3O3S/c16-10(17)8-3-1-2-4-9(8)19-12-14-13-11(18)15(12)7-5-6-7/h1-4,7H,5-6H2,(H,13,18)(H,16,17). The van der Waals surface area contributed by atoms with Crippen LogP contribution in [0.2, 0.25) is 0 Å². The molecule has 2 aromatic rings. The van der Waals surface area contributed by atoms with Gasteiger partial charge < -0.3 is 5.11 Å². The van der Waals surface area contributed by atoms with Crippen molar-refractivity contribution in [1.82, 2.24) is 14.8 Å². The minimum Gasteiger partial charge on any atom is -0.478 e. The molecule has 0 aliphatic heterocycles. The van der Waals surface area contributed by atoms with Crippen molar-refractivity contribution in [2.45, 2.75) is 28.9 Å². The fourth-order valence-electron chi connectivity index (χ4n) is 1.85. The van der Waals surface area contributed by atoms with Crippen molar-refractivity contribution in [3.8, 4) is 0 Å². The summed E-state index contributed by atoms with van der Waals surface area (Å²) >= 11 is 1.20. The van der Waals surface area contributed by atoms with Crippen LogP contribution in [0.1, 0.15) is 29.2 Å². The summed E-state index contributed by atoms with van der Waals surface area (Å²) < 4.78 is 1.60. The average molecular weight is 277 g/mol. The van der Waals surface area contributed by atoms with E-state index in [2.05, 4.69) is 10.2 Å². The molecule has 1 heterocycles. The maximum Gasteiger partial charge on any atom is 0.344 e. The van der Waals surface area contributed by atoms with Gasteiger partial charge in [-0.25, -0.2) is 14.7 Å². The van der Waals surface area contributed by atoms with Gasteiger partial charge in [0.25, 0.3) is 0 Å². The van der Waals surface area contributed by atoms with Crippen molar-refractivity contribution in [3.63, 3.8) is 0 Å². The summed E-state index contributed by atoms with van der Waals surface area (Å²) in [7, 11) is 0. The highest BCUT2D eigenvalue weighted by Gasteiger charge is 2.29. The van der Waals surface area contributed by atoms with Crippen molar-refractivity contribution in [1.29, 1.82) is 0 Å². The Balaban J connectivity index is 1.98. The Bertz CT molecular complexity index is 688. The van der Waals surface area contributed by atoms with Gasteiger partial charge in [-0.3, -0.25) is 4.57 Å². The van der Waals surface area contributed by atoms with E-state index in [-0.39, 0.29) is 17.3 Å². The number of rotatable bonds is 4. The Labute approximate surface area is 112 Å². The number of hydrogen-bond donors (Lipinski definition) is 2. The van der Waals surface area contributed by atoms with E-state index in [0.717, 1.165) is 12.8 Å². The smallest absolute Gasteiger partial charge is 0.344 e. The molecule has 1 aliphatic rings. The van der Waals surface area contributed by atoms with Gasteiger partial charge in [-0.2, -0.15) is 0 Å². The predicted molar refractivity (Wildman–Crippen MR) is 68.6 cm³/mol. The zero-order valence-corrected chi connectivity index (χ0v) is 10.7. The summed E-state index contributed by atoms with van der Waals surface area (Å²) in [5, 5.41) is 16.0. The molecule has 1 aromatic carbocycles. The van der Waals surface area contributed by atoms with Crippen LogP contribution in [0.3, 0.4) is 0 Å². The molecule has 6 nitrogen and oxygen atoms in total. The molecule has 7 heteroatoms. The number of aromatic nitrogens is 3. The van der Waals surface area contributed by atoms with E-state index in [1.165, 1.54) is 17.8 Å². The summed E-state index contributed by atoms with van der Waals surface area (Å²) in [4.78, 5) is 23.4. The first kappa shape index (κ1) is 12.0. The topological polar surface area (TPSA) is 88.0 Å². The maximum atomic E-state index is 11.6. The van der Waals surface area contributed by atoms with Gasteiger partial charge in [0, 0.05) is 10.9 Å². The molecule has 98 valence electrons. The zero-order chi connectivity index (χ0) is 13.4. The summed E-state index contributed by atoms with van der Waals surface area (Å²) in [5.41, 5.74) is -0.0249. The molecule has 0 unspecified atom stereocenters. The second kappa shape index (κ2) is 4.58. The van der Waals surface area contributed by atoms with Crippen LogP contribution in [0, 0.1) is 0 Å². The molecular formula is C12H11N3O3S. The van der Waals surface area contributed by atoms with E-state index >= 15 is 0 Å². The van der Waals surface area contributed by atoms with Gasteiger partial charge >= 0.3 is 11.7 Å². The summed E-state index contributed by atoms with van der Waals surface area (Å²) in [5.74, 6) is -0.987. The van der Waals surface area contributed by atoms with Crippen LogP contribution in [0.25, 0.3) is 0 Å². The zero-order valence-electron chi connectivity index (χ0n) is 9.87. The van der Waals surface area contributed by atoms with Gasteiger partial charge in [0.15, 0.2) is 5.16 Å². The monoisotopic (exact) mass is 277 g/mol. The number of aromatic amines is 1. The lowest BCUT2D eigenvalue weighted by Gasteiger charge is -2.05. The maximum absolute atomic E-state index is 11.6. The Morgan fingerprint density at radius 3 is 2.84 bits per heavy atom. The van der Waals surface area contributed by atoms with Crippen LogP contribution in [-0.2, 0) is 0 Å². The summed E-state index contributed by atoms with van der Waals surface area (Å²) in [6, 6.07) is 6.89. The minimum atomic E-state index is -0.987. The van der Waals surface area contributed by atoms with Crippen molar-refractivity contribution >= 4 is 17.7 Å². The molecule has 0 amide bonds. The van der Waals surface area contributed by atoms with Crippen molar-refractivity contribution in [2.24, 2.45) is 0 Å². The molecule has 3 rings (SSSR count). The van der Waals surface area contributed by atoms with E-state index in [1.807, 2.05) is 0 Å². The van der Waals surface area contributed by atoms with E-state index in [9.17, 15) is 9.59 Å². The lowest BCUT2D eigenvalue weighted by atomic mass is 10.2. The first-order chi connectivity index (χ1) is 9.16. The quantitative estimate of drug-likeness (QED) is 0.889. The van der Waals surface area contributed by atoms with Crippen LogP contribution in [-0.4, -0.2) is 25.8 Å². The number of carboxylic acid groups (broad SMARTS) is 1. The molecule has 2 N–H and O–H groups in total. The van der Waals surface area contributed by atoms with Crippen LogP contribution in [0.15, 0.2) is 39.1 Å². The number of nitrogens with zero attached hydrogens (tertiary/aromatic N) is 2. The SMILES string of the molecule is O=C(O)c1ccccc1Sc1n[nH]c(=O)n1C1CC1.